The van der Waals surface area contributed by atoms with Gasteiger partial charge < -0.3 is 15.5 Å². The molecule has 2 saturated heterocycles. The van der Waals surface area contributed by atoms with Crippen molar-refractivity contribution in [1.82, 2.24) is 15.5 Å². The first-order valence-electron chi connectivity index (χ1n) is 7.49. The number of amides is 2. The summed E-state index contributed by atoms with van der Waals surface area (Å²) in [5, 5.41) is 7.99. The third-order valence-electron chi connectivity index (χ3n) is 4.65. The van der Waals surface area contributed by atoms with Gasteiger partial charge in [-0.3, -0.25) is 9.59 Å². The van der Waals surface area contributed by atoms with Crippen LogP contribution >= 0.6 is 11.3 Å². The molecule has 114 valence electrons. The van der Waals surface area contributed by atoms with E-state index in [4.69, 9.17) is 0 Å². The third kappa shape index (κ3) is 3.27. The number of carbonyl (C=O) groups excluding carboxylic acids is 2. The summed E-state index contributed by atoms with van der Waals surface area (Å²) < 4.78 is 0. The largest absolute Gasteiger partial charge is 0.342 e. The molecule has 6 heteroatoms. The molecule has 0 atom stereocenters. The maximum absolute atomic E-state index is 12.2. The fourth-order valence-electron chi connectivity index (χ4n) is 3.22. The Labute approximate surface area is 128 Å². The van der Waals surface area contributed by atoms with Gasteiger partial charge in [0.25, 0.3) is 5.91 Å². The summed E-state index contributed by atoms with van der Waals surface area (Å²) in [6.45, 7) is 3.92. The van der Waals surface area contributed by atoms with Crippen LogP contribution in [0.3, 0.4) is 0 Å². The van der Waals surface area contributed by atoms with Crippen molar-refractivity contribution in [2.45, 2.75) is 19.3 Å². The van der Waals surface area contributed by atoms with E-state index in [9.17, 15) is 9.59 Å². The highest BCUT2D eigenvalue weighted by atomic mass is 32.1. The molecule has 2 aliphatic heterocycles. The minimum Gasteiger partial charge on any atom is -0.342 e. The number of nitrogens with zero attached hydrogens (tertiary/aromatic N) is 1. The second-order valence-corrected chi connectivity index (χ2v) is 6.92. The maximum atomic E-state index is 12.2. The Kier molecular flexibility index (Phi) is 4.26. The molecule has 3 rings (SSSR count). The molecule has 2 amide bonds. The van der Waals surface area contributed by atoms with Crippen molar-refractivity contribution in [1.29, 1.82) is 0 Å². The number of piperidine rings is 1. The van der Waals surface area contributed by atoms with Gasteiger partial charge in [-0.1, -0.05) is 6.07 Å². The molecule has 0 unspecified atom stereocenters. The van der Waals surface area contributed by atoms with Crippen LogP contribution < -0.4 is 10.6 Å². The molecule has 2 N–H and O–H groups in total. The first-order valence-corrected chi connectivity index (χ1v) is 8.37. The van der Waals surface area contributed by atoms with Gasteiger partial charge in [0.15, 0.2) is 0 Å². The molecule has 2 aliphatic rings. The average molecular weight is 307 g/mol. The van der Waals surface area contributed by atoms with Crippen molar-refractivity contribution in [3.8, 4) is 0 Å². The summed E-state index contributed by atoms with van der Waals surface area (Å²) in [6.07, 6.45) is 3.37. The number of rotatable bonds is 3. The van der Waals surface area contributed by atoms with Gasteiger partial charge in [-0.2, -0.15) is 0 Å². The lowest BCUT2D eigenvalue weighted by Crippen LogP contribution is -2.47. The van der Waals surface area contributed by atoms with Crippen molar-refractivity contribution in [2.24, 2.45) is 5.41 Å². The molecule has 0 aliphatic carbocycles. The molecule has 1 spiro atoms. The number of thiophene rings is 1. The van der Waals surface area contributed by atoms with Crippen LogP contribution in [-0.2, 0) is 4.79 Å². The lowest BCUT2D eigenvalue weighted by atomic mass is 9.78. The van der Waals surface area contributed by atoms with E-state index in [0.29, 0.717) is 10.3 Å². The van der Waals surface area contributed by atoms with Gasteiger partial charge in [0.2, 0.25) is 5.91 Å². The van der Waals surface area contributed by atoms with Crippen molar-refractivity contribution >= 4 is 23.2 Å². The van der Waals surface area contributed by atoms with E-state index >= 15 is 0 Å². The normalized spacial score (nSPS) is 20.7. The van der Waals surface area contributed by atoms with Gasteiger partial charge in [-0.15, -0.1) is 11.3 Å². The first kappa shape index (κ1) is 14.5. The van der Waals surface area contributed by atoms with Crippen LogP contribution in [0.25, 0.3) is 0 Å². The fourth-order valence-corrected chi connectivity index (χ4v) is 3.86. The molecule has 1 aromatic rings. The van der Waals surface area contributed by atoms with E-state index in [1.165, 1.54) is 17.8 Å². The van der Waals surface area contributed by atoms with Crippen molar-refractivity contribution in [3.05, 3.63) is 22.4 Å². The standard InChI is InChI=1S/C15H21N3O2S/c19-13(10-17-14(20)12-2-1-9-21-12)18-7-4-15(5-8-18)3-6-16-11-15/h1-2,9,16H,3-8,10-11H2,(H,17,20). The minimum atomic E-state index is -0.160. The van der Waals surface area contributed by atoms with Crippen molar-refractivity contribution in [2.75, 3.05) is 32.7 Å². The van der Waals surface area contributed by atoms with E-state index in [1.54, 1.807) is 6.07 Å². The summed E-state index contributed by atoms with van der Waals surface area (Å²) in [4.78, 5) is 26.5. The second-order valence-electron chi connectivity index (χ2n) is 5.97. The maximum Gasteiger partial charge on any atom is 0.261 e. The lowest BCUT2D eigenvalue weighted by molar-refractivity contribution is -0.132. The average Bonchev–Trinajstić information content (AvgIpc) is 3.17. The van der Waals surface area contributed by atoms with E-state index in [0.717, 1.165) is 39.0 Å². The van der Waals surface area contributed by atoms with E-state index in [-0.39, 0.29) is 18.4 Å². The fraction of sp³-hybridized carbons (Fsp3) is 0.600. The highest BCUT2D eigenvalue weighted by Gasteiger charge is 2.37. The van der Waals surface area contributed by atoms with Crippen LogP contribution in [0.2, 0.25) is 0 Å². The Morgan fingerprint density at radius 3 is 2.76 bits per heavy atom. The van der Waals surface area contributed by atoms with Gasteiger partial charge in [0.1, 0.15) is 0 Å². The number of hydrogen-bond donors (Lipinski definition) is 2. The molecule has 3 heterocycles. The summed E-state index contributed by atoms with van der Waals surface area (Å²) in [7, 11) is 0. The summed E-state index contributed by atoms with van der Waals surface area (Å²) in [6, 6.07) is 3.60. The van der Waals surface area contributed by atoms with Crippen molar-refractivity contribution < 1.29 is 9.59 Å². The summed E-state index contributed by atoms with van der Waals surface area (Å²) in [5.74, 6) is -0.132. The topological polar surface area (TPSA) is 61.4 Å². The third-order valence-corrected chi connectivity index (χ3v) is 5.52. The monoisotopic (exact) mass is 307 g/mol. The van der Waals surface area contributed by atoms with Crippen LogP contribution in [0.5, 0.6) is 0 Å². The van der Waals surface area contributed by atoms with Gasteiger partial charge in [-0.25, -0.2) is 0 Å². The highest BCUT2D eigenvalue weighted by Crippen LogP contribution is 2.36. The molecule has 0 aromatic carbocycles. The quantitative estimate of drug-likeness (QED) is 0.878. The van der Waals surface area contributed by atoms with Crippen LogP contribution in [0, 0.1) is 5.41 Å². The number of nitrogens with one attached hydrogen (secondary N) is 2. The molecule has 21 heavy (non-hydrogen) atoms. The Hall–Kier alpha value is -1.40. The Bertz CT molecular complexity index is 499. The van der Waals surface area contributed by atoms with E-state index in [1.807, 2.05) is 16.3 Å². The molecule has 0 saturated carbocycles. The summed E-state index contributed by atoms with van der Waals surface area (Å²) in [5.41, 5.74) is 0.414. The van der Waals surface area contributed by atoms with Crippen LogP contribution in [0.15, 0.2) is 17.5 Å². The molecular formula is C15H21N3O2S. The number of hydrogen-bond acceptors (Lipinski definition) is 4. The SMILES string of the molecule is O=C(NCC(=O)N1CCC2(CCNC2)CC1)c1cccs1. The van der Waals surface area contributed by atoms with Crippen molar-refractivity contribution in [3.63, 3.8) is 0 Å². The summed E-state index contributed by atoms with van der Waals surface area (Å²) >= 11 is 1.39. The van der Waals surface area contributed by atoms with Crippen LogP contribution in [0.4, 0.5) is 0 Å². The molecule has 2 fully saturated rings. The molecular weight excluding hydrogens is 286 g/mol. The smallest absolute Gasteiger partial charge is 0.261 e. The van der Waals surface area contributed by atoms with Gasteiger partial charge in [0, 0.05) is 19.6 Å². The molecule has 1 aromatic heterocycles. The second kappa shape index (κ2) is 6.15. The Balaban J connectivity index is 1.45. The predicted octanol–water partition coefficient (Wildman–Crippen LogP) is 1.08. The number of carbonyl (C=O) groups is 2. The van der Waals surface area contributed by atoms with Crippen LogP contribution in [-0.4, -0.2) is 49.4 Å². The van der Waals surface area contributed by atoms with Gasteiger partial charge in [0.05, 0.1) is 11.4 Å². The zero-order valence-corrected chi connectivity index (χ0v) is 12.9. The lowest BCUT2D eigenvalue weighted by Gasteiger charge is -2.38. The van der Waals surface area contributed by atoms with Gasteiger partial charge in [-0.05, 0) is 42.7 Å². The number of likely N-dealkylation sites (tertiary alicyclic amines) is 1. The van der Waals surface area contributed by atoms with Crippen LogP contribution in [0.1, 0.15) is 28.9 Å². The molecule has 0 bridgehead atoms. The molecule has 5 nitrogen and oxygen atoms in total. The zero-order valence-electron chi connectivity index (χ0n) is 12.1. The Morgan fingerprint density at radius 1 is 1.33 bits per heavy atom. The van der Waals surface area contributed by atoms with E-state index in [2.05, 4.69) is 10.6 Å². The first-order chi connectivity index (χ1) is 10.2. The van der Waals surface area contributed by atoms with E-state index < -0.39 is 0 Å². The predicted molar refractivity (Wildman–Crippen MR) is 82.4 cm³/mol. The highest BCUT2D eigenvalue weighted by molar-refractivity contribution is 7.12. The minimum absolute atomic E-state index is 0.0284. The zero-order chi connectivity index (χ0) is 14.7. The molecule has 0 radical (unpaired) electrons. The Morgan fingerprint density at radius 2 is 2.14 bits per heavy atom. The van der Waals surface area contributed by atoms with Gasteiger partial charge >= 0.3 is 0 Å².